The van der Waals surface area contributed by atoms with E-state index < -0.39 is 21.3 Å². The third-order valence-electron chi connectivity index (χ3n) is 3.44. The first-order valence-corrected chi connectivity index (χ1v) is 9.21. The largest absolute Gasteiger partial charge is 0.516 e. The molecule has 0 saturated carbocycles. The molecule has 0 heterocycles. The lowest BCUT2D eigenvalue weighted by atomic mass is 10.0. The first kappa shape index (κ1) is 20.7. The highest BCUT2D eigenvalue weighted by Gasteiger charge is 2.46. The molecule has 0 spiro atoms. The molecule has 0 unspecified atom stereocenters. The number of hydrogen-bond donors (Lipinski definition) is 1. The van der Waals surface area contributed by atoms with Crippen molar-refractivity contribution >= 4 is 21.4 Å². The van der Waals surface area contributed by atoms with E-state index in [0.717, 1.165) is 12.1 Å². The van der Waals surface area contributed by atoms with Crippen molar-refractivity contribution < 1.29 is 30.8 Å². The summed E-state index contributed by atoms with van der Waals surface area (Å²) in [6, 6.07) is 9.15. The molecular formula is C17H16F4N2O3S. The topological polar surface area (TPSA) is 67.8 Å². The molecule has 0 aliphatic heterocycles. The molecule has 0 saturated heterocycles. The molecule has 0 aliphatic rings. The molecule has 2 rings (SSSR count). The SMILES string of the molecule is CC/C(=N\Oc1ccc(F)cc1)c1cc(C)ccc1NS(=O)(=O)C(F)(F)F. The van der Waals surface area contributed by atoms with E-state index in [1.54, 1.807) is 13.8 Å². The standard InChI is InChI=1S/C17H16F4N2O3S/c1-3-15(22-26-13-7-5-12(18)6-8-13)14-10-11(2)4-9-16(14)23-27(24,25)17(19,20)21/h4-10,23H,3H2,1-2H3/b22-15+. The van der Waals surface area contributed by atoms with Gasteiger partial charge in [-0.15, -0.1) is 0 Å². The molecule has 2 aromatic rings. The highest BCUT2D eigenvalue weighted by molar-refractivity contribution is 7.93. The van der Waals surface area contributed by atoms with Gasteiger partial charge in [-0.3, -0.25) is 4.72 Å². The van der Waals surface area contributed by atoms with E-state index in [9.17, 15) is 26.0 Å². The molecule has 0 radical (unpaired) electrons. The molecule has 1 N–H and O–H groups in total. The average molecular weight is 404 g/mol. The maximum atomic E-state index is 12.9. The summed E-state index contributed by atoms with van der Waals surface area (Å²) in [5.41, 5.74) is -4.69. The summed E-state index contributed by atoms with van der Waals surface area (Å²) in [7, 11) is -5.59. The number of alkyl halides is 3. The highest BCUT2D eigenvalue weighted by Crippen LogP contribution is 2.28. The molecule has 27 heavy (non-hydrogen) atoms. The molecular weight excluding hydrogens is 388 g/mol. The second kappa shape index (κ2) is 7.95. The van der Waals surface area contributed by atoms with E-state index in [2.05, 4.69) is 5.16 Å². The average Bonchev–Trinajstić information content (AvgIpc) is 2.58. The predicted molar refractivity (Wildman–Crippen MR) is 93.6 cm³/mol. The van der Waals surface area contributed by atoms with Crippen LogP contribution in [0.15, 0.2) is 47.6 Å². The first-order chi connectivity index (χ1) is 12.5. The number of nitrogens with zero attached hydrogens (tertiary/aromatic N) is 1. The minimum Gasteiger partial charge on any atom is -0.357 e. The van der Waals surface area contributed by atoms with Crippen LogP contribution < -0.4 is 9.56 Å². The number of anilines is 1. The lowest BCUT2D eigenvalue weighted by Gasteiger charge is -2.15. The lowest BCUT2D eigenvalue weighted by molar-refractivity contribution is -0.0429. The van der Waals surface area contributed by atoms with Crippen molar-refractivity contribution in [2.75, 3.05) is 4.72 Å². The number of sulfonamides is 1. The van der Waals surface area contributed by atoms with Gasteiger partial charge >= 0.3 is 15.5 Å². The molecule has 0 bridgehead atoms. The second-order valence-electron chi connectivity index (χ2n) is 5.54. The van der Waals surface area contributed by atoms with Crippen molar-refractivity contribution in [2.24, 2.45) is 5.16 Å². The lowest BCUT2D eigenvalue weighted by Crippen LogP contribution is -2.30. The van der Waals surface area contributed by atoms with Crippen LogP contribution in [-0.4, -0.2) is 19.6 Å². The normalized spacial score (nSPS) is 12.7. The fraction of sp³-hybridized carbons (Fsp3) is 0.235. The number of oxime groups is 1. The monoisotopic (exact) mass is 404 g/mol. The molecule has 5 nitrogen and oxygen atoms in total. The Balaban J connectivity index is 2.40. The van der Waals surface area contributed by atoms with Crippen LogP contribution in [-0.2, 0) is 10.0 Å². The van der Waals surface area contributed by atoms with Crippen LogP contribution in [0.5, 0.6) is 5.75 Å². The maximum Gasteiger partial charge on any atom is 0.516 e. The van der Waals surface area contributed by atoms with Gasteiger partial charge in [0.2, 0.25) is 0 Å². The zero-order chi connectivity index (χ0) is 20.2. The fourth-order valence-corrected chi connectivity index (χ4v) is 2.68. The Bertz CT molecular complexity index is 940. The van der Waals surface area contributed by atoms with Crippen molar-refractivity contribution in [2.45, 2.75) is 25.8 Å². The number of benzene rings is 2. The Hall–Kier alpha value is -2.62. The zero-order valence-corrected chi connectivity index (χ0v) is 15.2. The fourth-order valence-electron chi connectivity index (χ4n) is 2.10. The number of nitrogens with one attached hydrogen (secondary N) is 1. The molecule has 0 aromatic heterocycles. The second-order valence-corrected chi connectivity index (χ2v) is 7.21. The molecule has 10 heteroatoms. The van der Waals surface area contributed by atoms with Gasteiger partial charge in [-0.1, -0.05) is 23.7 Å². The van der Waals surface area contributed by atoms with Gasteiger partial charge in [0.05, 0.1) is 11.4 Å². The third kappa shape index (κ3) is 5.19. The minimum absolute atomic E-state index is 0.146. The van der Waals surface area contributed by atoms with Gasteiger partial charge in [0, 0.05) is 5.56 Å². The van der Waals surface area contributed by atoms with E-state index in [1.165, 1.54) is 35.1 Å². The van der Waals surface area contributed by atoms with Gasteiger partial charge in [0.15, 0.2) is 5.75 Å². The maximum absolute atomic E-state index is 12.9. The van der Waals surface area contributed by atoms with Gasteiger partial charge in [-0.25, -0.2) is 4.39 Å². The minimum atomic E-state index is -5.59. The summed E-state index contributed by atoms with van der Waals surface area (Å²) >= 11 is 0. The Morgan fingerprint density at radius 3 is 2.33 bits per heavy atom. The van der Waals surface area contributed by atoms with Crippen LogP contribution in [0, 0.1) is 12.7 Å². The summed E-state index contributed by atoms with van der Waals surface area (Å²) in [5.74, 6) is -0.253. The Labute approximate surface area is 153 Å². The quantitative estimate of drug-likeness (QED) is 0.435. The summed E-state index contributed by atoms with van der Waals surface area (Å²) < 4.78 is 75.4. The van der Waals surface area contributed by atoms with Crippen LogP contribution in [0.3, 0.4) is 0 Å². The smallest absolute Gasteiger partial charge is 0.357 e. The molecule has 2 aromatic carbocycles. The van der Waals surface area contributed by atoms with Crippen molar-refractivity contribution in [1.29, 1.82) is 0 Å². The molecule has 146 valence electrons. The van der Waals surface area contributed by atoms with Gasteiger partial charge in [0.25, 0.3) is 0 Å². The van der Waals surface area contributed by atoms with E-state index in [1.807, 2.05) is 0 Å². The number of hydrogen-bond acceptors (Lipinski definition) is 4. The van der Waals surface area contributed by atoms with Crippen LogP contribution in [0.25, 0.3) is 0 Å². The summed E-state index contributed by atoms with van der Waals surface area (Å²) in [6.07, 6.45) is 0.241. The Kier molecular flexibility index (Phi) is 6.09. The third-order valence-corrected chi connectivity index (χ3v) is 4.54. The summed E-state index contributed by atoms with van der Waals surface area (Å²) in [4.78, 5) is 5.18. The van der Waals surface area contributed by atoms with Crippen LogP contribution in [0.2, 0.25) is 0 Å². The van der Waals surface area contributed by atoms with E-state index >= 15 is 0 Å². The predicted octanol–water partition coefficient (Wildman–Crippen LogP) is 4.59. The number of halogens is 4. The number of aryl methyl sites for hydroxylation is 1. The van der Waals surface area contributed by atoms with E-state index in [-0.39, 0.29) is 29.1 Å². The van der Waals surface area contributed by atoms with Gasteiger partial charge in [0.1, 0.15) is 5.82 Å². The molecule has 0 atom stereocenters. The molecule has 0 amide bonds. The van der Waals surface area contributed by atoms with Gasteiger partial charge in [-0.2, -0.15) is 21.6 Å². The van der Waals surface area contributed by atoms with Crippen molar-refractivity contribution in [3.63, 3.8) is 0 Å². The summed E-state index contributed by atoms with van der Waals surface area (Å²) in [5, 5.41) is 3.88. The van der Waals surface area contributed by atoms with Crippen molar-refractivity contribution in [3.05, 3.63) is 59.4 Å². The van der Waals surface area contributed by atoms with Crippen LogP contribution in [0.1, 0.15) is 24.5 Å². The Morgan fingerprint density at radius 2 is 1.78 bits per heavy atom. The number of rotatable bonds is 6. The molecule has 0 fully saturated rings. The highest BCUT2D eigenvalue weighted by atomic mass is 32.2. The first-order valence-electron chi connectivity index (χ1n) is 7.73. The summed E-state index contributed by atoms with van der Waals surface area (Å²) in [6.45, 7) is 3.37. The Morgan fingerprint density at radius 1 is 1.15 bits per heavy atom. The van der Waals surface area contributed by atoms with Crippen LogP contribution >= 0.6 is 0 Å². The molecule has 0 aliphatic carbocycles. The van der Waals surface area contributed by atoms with Gasteiger partial charge < -0.3 is 4.84 Å². The van der Waals surface area contributed by atoms with Crippen LogP contribution in [0.4, 0.5) is 23.2 Å². The van der Waals surface area contributed by atoms with E-state index in [0.29, 0.717) is 5.56 Å². The van der Waals surface area contributed by atoms with Gasteiger partial charge in [-0.05, 0) is 49.7 Å². The van der Waals surface area contributed by atoms with Crippen molar-refractivity contribution in [3.8, 4) is 5.75 Å². The van der Waals surface area contributed by atoms with E-state index in [4.69, 9.17) is 4.84 Å². The zero-order valence-electron chi connectivity index (χ0n) is 14.3. The van der Waals surface area contributed by atoms with Crippen molar-refractivity contribution in [1.82, 2.24) is 0 Å².